The van der Waals surface area contributed by atoms with Gasteiger partial charge in [-0.25, -0.2) is 0 Å². The molecule has 0 aliphatic heterocycles. The van der Waals surface area contributed by atoms with Gasteiger partial charge >= 0.3 is 0 Å². The molecule has 1 atom stereocenters. The largest absolute Gasteiger partial charge is 0.374 e. The highest BCUT2D eigenvalue weighted by Crippen LogP contribution is 2.32. The highest BCUT2D eigenvalue weighted by Gasteiger charge is 2.31. The minimum absolute atomic E-state index is 0.0516. The lowest BCUT2D eigenvalue weighted by molar-refractivity contribution is -0.0171. The second-order valence-corrected chi connectivity index (χ2v) is 4.53. The zero-order valence-corrected chi connectivity index (χ0v) is 8.26. The molecule has 0 aromatic rings. The molecule has 0 aromatic heterocycles. The molecule has 1 aliphatic rings. The summed E-state index contributed by atoms with van der Waals surface area (Å²) in [7, 11) is 0. The number of nitrogens with two attached hydrogens (primary N) is 1. The smallest absolute Gasteiger partial charge is 0.0642 e. The highest BCUT2D eigenvalue weighted by atomic mass is 16.5. The lowest BCUT2D eigenvalue weighted by Crippen LogP contribution is -2.42. The zero-order valence-electron chi connectivity index (χ0n) is 8.26. The maximum absolute atomic E-state index is 5.64. The lowest BCUT2D eigenvalue weighted by atomic mass is 10.1. The molecule has 0 bridgehead atoms. The van der Waals surface area contributed by atoms with Crippen LogP contribution in [0, 0.1) is 5.92 Å². The average molecular weight is 172 g/mol. The fraction of sp³-hybridized carbons (Fsp3) is 1.00. The van der Waals surface area contributed by atoms with Gasteiger partial charge in [0.1, 0.15) is 0 Å². The van der Waals surface area contributed by atoms with Crippen molar-refractivity contribution in [2.45, 2.75) is 45.3 Å². The molecular formula is C9H20N2O. The first-order valence-electron chi connectivity index (χ1n) is 4.63. The Kier molecular flexibility index (Phi) is 3.09. The van der Waals surface area contributed by atoms with Gasteiger partial charge in [0, 0.05) is 6.04 Å². The maximum atomic E-state index is 5.64. The van der Waals surface area contributed by atoms with E-state index in [0.717, 1.165) is 12.5 Å². The van der Waals surface area contributed by atoms with E-state index >= 15 is 0 Å². The highest BCUT2D eigenvalue weighted by molar-refractivity contribution is 4.85. The monoisotopic (exact) mass is 172 g/mol. The standard InChI is InChI=1S/C9H20N2O/c1-9(2,3)12-6-8(11-10)7-4-5-7/h7-8,11H,4-6,10H2,1-3H3. The van der Waals surface area contributed by atoms with Crippen molar-refractivity contribution in [3.63, 3.8) is 0 Å². The number of ether oxygens (including phenoxy) is 1. The van der Waals surface area contributed by atoms with Crippen molar-refractivity contribution in [2.24, 2.45) is 11.8 Å². The fourth-order valence-corrected chi connectivity index (χ4v) is 1.16. The molecule has 1 aliphatic carbocycles. The Morgan fingerprint density at radius 3 is 2.42 bits per heavy atom. The van der Waals surface area contributed by atoms with Gasteiger partial charge in [-0.2, -0.15) is 0 Å². The summed E-state index contributed by atoms with van der Waals surface area (Å²) in [6.45, 7) is 6.92. The Bertz CT molecular complexity index is 138. The van der Waals surface area contributed by atoms with Crippen molar-refractivity contribution in [3.8, 4) is 0 Å². The quantitative estimate of drug-likeness (QED) is 0.492. The summed E-state index contributed by atoms with van der Waals surface area (Å²) in [5.41, 5.74) is 2.76. The van der Waals surface area contributed by atoms with Crippen LogP contribution in [0.1, 0.15) is 33.6 Å². The number of hydrazine groups is 1. The van der Waals surface area contributed by atoms with E-state index in [1.807, 2.05) is 0 Å². The second kappa shape index (κ2) is 3.73. The molecule has 1 rings (SSSR count). The molecule has 3 nitrogen and oxygen atoms in total. The number of rotatable bonds is 4. The lowest BCUT2D eigenvalue weighted by Gasteiger charge is -2.23. The summed E-state index contributed by atoms with van der Waals surface area (Å²) < 4.78 is 5.64. The van der Waals surface area contributed by atoms with Crippen LogP contribution in [0.5, 0.6) is 0 Å². The fourth-order valence-electron chi connectivity index (χ4n) is 1.16. The van der Waals surface area contributed by atoms with Gasteiger partial charge in [-0.1, -0.05) is 0 Å². The minimum Gasteiger partial charge on any atom is -0.374 e. The molecule has 0 spiro atoms. The molecule has 72 valence electrons. The third-order valence-corrected chi connectivity index (χ3v) is 2.10. The van der Waals surface area contributed by atoms with E-state index in [-0.39, 0.29) is 5.60 Å². The molecule has 3 heteroatoms. The van der Waals surface area contributed by atoms with Crippen molar-refractivity contribution in [3.05, 3.63) is 0 Å². The molecule has 1 fully saturated rings. The molecule has 12 heavy (non-hydrogen) atoms. The van der Waals surface area contributed by atoms with Gasteiger partial charge in [0.15, 0.2) is 0 Å². The van der Waals surface area contributed by atoms with Gasteiger partial charge in [-0.05, 0) is 39.5 Å². The Balaban J connectivity index is 2.19. The Morgan fingerprint density at radius 1 is 1.50 bits per heavy atom. The van der Waals surface area contributed by atoms with Crippen molar-refractivity contribution >= 4 is 0 Å². The van der Waals surface area contributed by atoms with Crippen molar-refractivity contribution in [1.82, 2.24) is 5.43 Å². The average Bonchev–Trinajstić information content (AvgIpc) is 2.70. The van der Waals surface area contributed by atoms with E-state index in [0.29, 0.717) is 6.04 Å². The predicted octanol–water partition coefficient (Wildman–Crippen LogP) is 1.04. The molecule has 0 amide bonds. The van der Waals surface area contributed by atoms with Gasteiger partial charge in [0.2, 0.25) is 0 Å². The van der Waals surface area contributed by atoms with Crippen LogP contribution in [0.4, 0.5) is 0 Å². The van der Waals surface area contributed by atoms with Crippen molar-refractivity contribution in [1.29, 1.82) is 0 Å². The summed E-state index contributed by atoms with van der Waals surface area (Å²) in [6, 6.07) is 0.351. The third kappa shape index (κ3) is 3.52. The first-order valence-corrected chi connectivity index (χ1v) is 4.63. The van der Waals surface area contributed by atoms with E-state index in [4.69, 9.17) is 10.6 Å². The zero-order chi connectivity index (χ0) is 9.19. The van der Waals surface area contributed by atoms with Crippen LogP contribution in [-0.2, 0) is 4.74 Å². The van der Waals surface area contributed by atoms with Crippen LogP contribution in [0.15, 0.2) is 0 Å². The normalized spacial score (nSPS) is 21.0. The third-order valence-electron chi connectivity index (χ3n) is 2.10. The van der Waals surface area contributed by atoms with Crippen LogP contribution < -0.4 is 11.3 Å². The Labute approximate surface area is 74.6 Å². The van der Waals surface area contributed by atoms with Gasteiger partial charge in [0.25, 0.3) is 0 Å². The van der Waals surface area contributed by atoms with Crippen LogP contribution >= 0.6 is 0 Å². The van der Waals surface area contributed by atoms with Gasteiger partial charge in [-0.3, -0.25) is 11.3 Å². The first kappa shape index (κ1) is 9.96. The number of hydrogen-bond acceptors (Lipinski definition) is 3. The summed E-state index contributed by atoms with van der Waals surface area (Å²) in [4.78, 5) is 0. The van der Waals surface area contributed by atoms with Crippen LogP contribution in [0.2, 0.25) is 0 Å². The van der Waals surface area contributed by atoms with Crippen molar-refractivity contribution < 1.29 is 4.74 Å². The number of hydrogen-bond donors (Lipinski definition) is 2. The SMILES string of the molecule is CC(C)(C)OCC(NN)C1CC1. The topological polar surface area (TPSA) is 47.3 Å². The predicted molar refractivity (Wildman–Crippen MR) is 49.5 cm³/mol. The molecule has 1 unspecified atom stereocenters. The molecular weight excluding hydrogens is 152 g/mol. The number of nitrogens with one attached hydrogen (secondary N) is 1. The summed E-state index contributed by atoms with van der Waals surface area (Å²) >= 11 is 0. The summed E-state index contributed by atoms with van der Waals surface area (Å²) in [5.74, 6) is 6.16. The van der Waals surface area contributed by atoms with Gasteiger partial charge < -0.3 is 4.74 Å². The van der Waals surface area contributed by atoms with Crippen molar-refractivity contribution in [2.75, 3.05) is 6.61 Å². The molecule has 0 radical (unpaired) electrons. The molecule has 3 N–H and O–H groups in total. The Morgan fingerprint density at radius 2 is 2.08 bits per heavy atom. The van der Waals surface area contributed by atoms with Crippen LogP contribution in [-0.4, -0.2) is 18.2 Å². The van der Waals surface area contributed by atoms with Crippen LogP contribution in [0.3, 0.4) is 0 Å². The van der Waals surface area contributed by atoms with Gasteiger partial charge in [-0.15, -0.1) is 0 Å². The molecule has 1 saturated carbocycles. The van der Waals surface area contributed by atoms with E-state index in [2.05, 4.69) is 26.2 Å². The second-order valence-electron chi connectivity index (χ2n) is 4.53. The first-order chi connectivity index (χ1) is 5.53. The minimum atomic E-state index is -0.0516. The molecule has 0 aromatic carbocycles. The summed E-state index contributed by atoms with van der Waals surface area (Å²) in [5, 5.41) is 0. The molecule has 0 heterocycles. The summed E-state index contributed by atoms with van der Waals surface area (Å²) in [6.07, 6.45) is 2.59. The van der Waals surface area contributed by atoms with E-state index in [9.17, 15) is 0 Å². The maximum Gasteiger partial charge on any atom is 0.0642 e. The van der Waals surface area contributed by atoms with E-state index in [1.54, 1.807) is 0 Å². The van der Waals surface area contributed by atoms with Gasteiger partial charge in [0.05, 0.1) is 12.2 Å². The Hall–Kier alpha value is -0.120. The van der Waals surface area contributed by atoms with E-state index < -0.39 is 0 Å². The van der Waals surface area contributed by atoms with Crippen LogP contribution in [0.25, 0.3) is 0 Å². The van der Waals surface area contributed by atoms with E-state index in [1.165, 1.54) is 12.8 Å². The molecule has 0 saturated heterocycles.